The first-order valence-electron chi connectivity index (χ1n) is 4.66. The molecule has 4 heteroatoms. The van der Waals surface area contributed by atoms with Gasteiger partial charge < -0.3 is 4.74 Å². The number of carbonyl (C=O) groups is 1. The molecule has 1 fully saturated rings. The number of cyclic esters (lactones) is 1. The van der Waals surface area contributed by atoms with Crippen LogP contribution in [0.2, 0.25) is 5.02 Å². The largest absolute Gasteiger partial charge is 0.435 e. The summed E-state index contributed by atoms with van der Waals surface area (Å²) in [6, 6.07) is 8.70. The summed E-state index contributed by atoms with van der Waals surface area (Å²) < 4.78 is 5.09. The minimum absolute atomic E-state index is 0.198. The molecule has 1 aromatic rings. The van der Waals surface area contributed by atoms with Crippen molar-refractivity contribution in [2.24, 2.45) is 0 Å². The molecule has 1 saturated heterocycles. The van der Waals surface area contributed by atoms with Gasteiger partial charge in [0.1, 0.15) is 6.07 Å². The number of nitriles is 1. The Morgan fingerprint density at radius 3 is 2.50 bits per heavy atom. The zero-order valence-corrected chi connectivity index (χ0v) is 9.12. The van der Waals surface area contributed by atoms with E-state index in [0.717, 1.165) is 0 Å². The minimum atomic E-state index is -1.24. The average molecular weight is 234 g/mol. The zero-order valence-electron chi connectivity index (χ0n) is 8.37. The van der Waals surface area contributed by atoms with E-state index in [1.807, 2.05) is 6.07 Å². The van der Waals surface area contributed by atoms with E-state index in [1.54, 1.807) is 24.3 Å². The molecule has 0 saturated carbocycles. The second kappa shape index (κ2) is 3.66. The van der Waals surface area contributed by atoms with Crippen molar-refractivity contribution in [3.8, 4) is 6.07 Å². The molecule has 1 heterocycles. The van der Waals surface area contributed by atoms with Crippen molar-refractivity contribution in [2.75, 3.05) is 0 Å². The third-order valence-electron chi connectivity index (χ3n) is 2.51. The lowest BCUT2D eigenvalue weighted by atomic mass is 9.91. The van der Waals surface area contributed by atoms with Gasteiger partial charge in [0.05, 0.1) is 0 Å². The number of benzene rings is 1. The molecule has 0 aromatic heterocycles. The molecule has 1 aliphatic rings. The monoisotopic (exact) mass is 233 g/mol. The lowest BCUT2D eigenvalue weighted by molar-refractivity contribution is -0.143. The van der Waals surface area contributed by atoms with Gasteiger partial charge in [-0.25, -0.2) is 4.79 Å². The van der Waals surface area contributed by atoms with Gasteiger partial charge in [-0.3, -0.25) is 0 Å². The highest BCUT2D eigenvalue weighted by molar-refractivity contribution is 6.30. The first-order valence-corrected chi connectivity index (χ1v) is 5.03. The molecule has 3 nitrogen and oxygen atoms in total. The smallest absolute Gasteiger partial charge is 0.335 e. The number of ether oxygens (including phenoxy) is 1. The predicted octanol–water partition coefficient (Wildman–Crippen LogP) is 2.56. The second-order valence-electron chi connectivity index (χ2n) is 3.62. The van der Waals surface area contributed by atoms with Crippen LogP contribution in [0.1, 0.15) is 12.0 Å². The van der Waals surface area contributed by atoms with Crippen LogP contribution in [0.25, 0.3) is 0 Å². The third-order valence-corrected chi connectivity index (χ3v) is 2.76. The van der Waals surface area contributed by atoms with Crippen molar-refractivity contribution in [3.63, 3.8) is 0 Å². The summed E-state index contributed by atoms with van der Waals surface area (Å²) in [5.74, 6) is -0.517. The van der Waals surface area contributed by atoms with Gasteiger partial charge in [0.15, 0.2) is 0 Å². The maximum atomic E-state index is 11.3. The Hall–Kier alpha value is -1.79. The van der Waals surface area contributed by atoms with Crippen LogP contribution in [0, 0.1) is 11.3 Å². The van der Waals surface area contributed by atoms with E-state index in [-0.39, 0.29) is 6.42 Å². The van der Waals surface area contributed by atoms with E-state index in [0.29, 0.717) is 16.2 Å². The normalized spacial score (nSPS) is 24.0. The number of hydrogen-bond donors (Lipinski definition) is 0. The van der Waals surface area contributed by atoms with E-state index in [9.17, 15) is 10.1 Å². The molecule has 1 atom stereocenters. The fourth-order valence-corrected chi connectivity index (χ4v) is 1.77. The van der Waals surface area contributed by atoms with Crippen molar-refractivity contribution >= 4 is 17.6 Å². The summed E-state index contributed by atoms with van der Waals surface area (Å²) in [7, 11) is 0. The Morgan fingerprint density at radius 2 is 2.06 bits per heavy atom. The number of esters is 1. The first kappa shape index (κ1) is 10.7. The van der Waals surface area contributed by atoms with Crippen LogP contribution < -0.4 is 0 Å². The number of halogens is 1. The van der Waals surface area contributed by atoms with Gasteiger partial charge in [-0.1, -0.05) is 30.3 Å². The van der Waals surface area contributed by atoms with E-state index in [1.165, 1.54) is 0 Å². The van der Waals surface area contributed by atoms with Crippen molar-refractivity contribution in [3.05, 3.63) is 47.0 Å². The highest BCUT2D eigenvalue weighted by atomic mass is 35.5. The Kier molecular flexibility index (Phi) is 2.45. The van der Waals surface area contributed by atoms with Crippen LogP contribution in [-0.4, -0.2) is 5.97 Å². The van der Waals surface area contributed by atoms with Crippen LogP contribution >= 0.6 is 11.6 Å². The average Bonchev–Trinajstić information content (AvgIpc) is 2.57. The van der Waals surface area contributed by atoms with E-state index >= 15 is 0 Å². The molecule has 0 amide bonds. The fourth-order valence-electron chi connectivity index (χ4n) is 1.65. The van der Waals surface area contributed by atoms with Crippen molar-refractivity contribution in [1.82, 2.24) is 0 Å². The highest BCUT2D eigenvalue weighted by Gasteiger charge is 2.44. The van der Waals surface area contributed by atoms with Crippen LogP contribution in [0.15, 0.2) is 36.4 Å². The Labute approximate surface area is 97.9 Å². The molecule has 0 N–H and O–H groups in total. The topological polar surface area (TPSA) is 50.1 Å². The molecule has 0 spiro atoms. The maximum absolute atomic E-state index is 11.3. The van der Waals surface area contributed by atoms with Crippen LogP contribution in [0.3, 0.4) is 0 Å². The molecule has 1 unspecified atom stereocenters. The van der Waals surface area contributed by atoms with Crippen molar-refractivity contribution < 1.29 is 9.53 Å². The van der Waals surface area contributed by atoms with Gasteiger partial charge in [-0.05, 0) is 12.1 Å². The summed E-state index contributed by atoms with van der Waals surface area (Å²) in [4.78, 5) is 11.3. The third kappa shape index (κ3) is 1.58. The molecule has 0 bridgehead atoms. The van der Waals surface area contributed by atoms with Crippen LogP contribution in [0.5, 0.6) is 0 Å². The molecule has 0 radical (unpaired) electrons. The van der Waals surface area contributed by atoms with Gasteiger partial charge in [0.2, 0.25) is 5.60 Å². The molecule has 2 rings (SSSR count). The van der Waals surface area contributed by atoms with Gasteiger partial charge in [-0.15, -0.1) is 0 Å². The second-order valence-corrected chi connectivity index (χ2v) is 4.05. The summed E-state index contributed by atoms with van der Waals surface area (Å²) in [6.07, 6.45) is 0.198. The minimum Gasteiger partial charge on any atom is -0.435 e. The van der Waals surface area contributed by atoms with Gasteiger partial charge in [0.25, 0.3) is 0 Å². The lowest BCUT2D eigenvalue weighted by Crippen LogP contribution is -2.23. The number of carbonyl (C=O) groups excluding carboxylic acids is 1. The highest BCUT2D eigenvalue weighted by Crippen LogP contribution is 2.38. The lowest BCUT2D eigenvalue weighted by Gasteiger charge is -2.19. The van der Waals surface area contributed by atoms with Crippen LogP contribution in [-0.2, 0) is 15.1 Å². The van der Waals surface area contributed by atoms with E-state index in [2.05, 4.69) is 6.58 Å². The number of nitrogens with zero attached hydrogens (tertiary/aromatic N) is 1. The molecule has 1 aromatic carbocycles. The van der Waals surface area contributed by atoms with Crippen molar-refractivity contribution in [2.45, 2.75) is 12.0 Å². The molecule has 1 aliphatic heterocycles. The quantitative estimate of drug-likeness (QED) is 0.553. The van der Waals surface area contributed by atoms with Crippen molar-refractivity contribution in [1.29, 1.82) is 5.26 Å². The van der Waals surface area contributed by atoms with Gasteiger partial charge >= 0.3 is 5.97 Å². The summed E-state index contributed by atoms with van der Waals surface area (Å²) in [6.45, 7) is 3.57. The maximum Gasteiger partial charge on any atom is 0.335 e. The standard InChI is InChI=1S/C12H8ClNO2/c1-8-6-12(7-14,16-11(8)15)9-2-4-10(13)5-3-9/h2-5H,1,6H2. The fraction of sp³-hybridized carbons (Fsp3) is 0.167. The Morgan fingerprint density at radius 1 is 1.44 bits per heavy atom. The van der Waals surface area contributed by atoms with Crippen LogP contribution in [0.4, 0.5) is 0 Å². The molecular weight excluding hydrogens is 226 g/mol. The molecule has 16 heavy (non-hydrogen) atoms. The van der Waals surface area contributed by atoms with Gasteiger partial charge in [0, 0.05) is 22.6 Å². The molecule has 80 valence electrons. The Bertz CT molecular complexity index is 483. The van der Waals surface area contributed by atoms with E-state index < -0.39 is 11.6 Å². The SMILES string of the molecule is C=C1CC(C#N)(c2ccc(Cl)cc2)OC1=O. The zero-order chi connectivity index (χ0) is 11.8. The molecular formula is C12H8ClNO2. The number of rotatable bonds is 1. The predicted molar refractivity (Wildman–Crippen MR) is 58.6 cm³/mol. The van der Waals surface area contributed by atoms with Gasteiger partial charge in [-0.2, -0.15) is 5.26 Å². The number of hydrogen-bond acceptors (Lipinski definition) is 3. The first-order chi connectivity index (χ1) is 7.57. The molecule has 0 aliphatic carbocycles. The summed E-state index contributed by atoms with van der Waals surface area (Å²) in [5.41, 5.74) is -0.304. The summed E-state index contributed by atoms with van der Waals surface area (Å²) in [5, 5.41) is 9.74. The van der Waals surface area contributed by atoms with E-state index in [4.69, 9.17) is 16.3 Å². The Balaban J connectivity index is 2.45. The summed E-state index contributed by atoms with van der Waals surface area (Å²) >= 11 is 5.76.